The Morgan fingerprint density at radius 2 is 0.964 bits per heavy atom. The molecular formula is C50H29N3S2. The Kier molecular flexibility index (Phi) is 6.67. The fraction of sp³-hybridized carbons (Fsp3) is 0. The van der Waals surface area contributed by atoms with Crippen molar-refractivity contribution in [3.8, 4) is 39.5 Å². The van der Waals surface area contributed by atoms with Crippen molar-refractivity contribution in [2.45, 2.75) is 0 Å². The van der Waals surface area contributed by atoms with Gasteiger partial charge in [0.05, 0.1) is 26.9 Å². The van der Waals surface area contributed by atoms with Crippen molar-refractivity contribution < 1.29 is 0 Å². The van der Waals surface area contributed by atoms with Crippen LogP contribution in [0, 0.1) is 0 Å². The van der Waals surface area contributed by atoms with E-state index < -0.39 is 0 Å². The first-order valence-electron chi connectivity index (χ1n) is 18.5. The lowest BCUT2D eigenvalue weighted by molar-refractivity contribution is 1.02. The molecule has 0 fully saturated rings. The van der Waals surface area contributed by atoms with E-state index in [0.717, 1.165) is 37.9 Å². The molecule has 0 bridgehead atoms. The average Bonchev–Trinajstić information content (AvgIpc) is 3.93. The lowest BCUT2D eigenvalue weighted by Crippen LogP contribution is -2.03. The highest BCUT2D eigenvalue weighted by Gasteiger charge is 2.24. The number of fused-ring (bicyclic) bond motifs is 12. The molecule has 0 atom stereocenters. The number of aromatic nitrogens is 3. The summed E-state index contributed by atoms with van der Waals surface area (Å²) in [6.07, 6.45) is 0. The summed E-state index contributed by atoms with van der Waals surface area (Å²) in [5, 5.41) is 8.66. The number of benzene rings is 8. The molecule has 5 heteroatoms. The molecule has 8 aromatic carbocycles. The summed E-state index contributed by atoms with van der Waals surface area (Å²) in [5.74, 6) is 0.674. The van der Waals surface area contributed by atoms with Gasteiger partial charge in [-0.15, -0.1) is 22.7 Å². The number of rotatable bonds is 4. The minimum atomic E-state index is 0.674. The zero-order valence-electron chi connectivity index (χ0n) is 29.4. The van der Waals surface area contributed by atoms with E-state index in [0.29, 0.717) is 5.95 Å². The van der Waals surface area contributed by atoms with Crippen molar-refractivity contribution in [3.63, 3.8) is 0 Å². The Morgan fingerprint density at radius 3 is 1.73 bits per heavy atom. The molecule has 0 unspecified atom stereocenters. The van der Waals surface area contributed by atoms with Crippen LogP contribution < -0.4 is 0 Å². The third-order valence-corrected chi connectivity index (χ3v) is 13.4. The van der Waals surface area contributed by atoms with Crippen LogP contribution in [0.4, 0.5) is 0 Å². The van der Waals surface area contributed by atoms with Gasteiger partial charge in [-0.2, -0.15) is 0 Å². The first kappa shape index (κ1) is 30.8. The van der Waals surface area contributed by atoms with Crippen LogP contribution in [0.5, 0.6) is 0 Å². The highest BCUT2D eigenvalue weighted by Crippen LogP contribution is 2.47. The van der Waals surface area contributed by atoms with Crippen LogP contribution in [0.25, 0.3) is 113 Å². The Labute approximate surface area is 324 Å². The van der Waals surface area contributed by atoms with Gasteiger partial charge in [0.1, 0.15) is 0 Å². The van der Waals surface area contributed by atoms with Crippen molar-refractivity contribution >= 4 is 95.7 Å². The van der Waals surface area contributed by atoms with Crippen LogP contribution in [-0.4, -0.2) is 14.5 Å². The normalized spacial score (nSPS) is 12.0. The van der Waals surface area contributed by atoms with E-state index >= 15 is 0 Å². The van der Waals surface area contributed by atoms with E-state index in [1.54, 1.807) is 11.3 Å². The van der Waals surface area contributed by atoms with Gasteiger partial charge in [0.2, 0.25) is 5.95 Å². The van der Waals surface area contributed by atoms with Crippen molar-refractivity contribution in [1.29, 1.82) is 0 Å². The standard InChI is InChI=1S/C50H29N3S2/c1-3-13-30(14-4-1)31-23-25-33(26-24-31)46-49-47(38-20-10-12-22-43(38)55-49)52-50(51-46)53-40-28-27-37-35-18-9-11-21-42(35)54-48(37)45(40)44-36-19-8-7-17-34(36)39(29-41(44)53)32-15-5-2-6-16-32/h1-29H. The second-order valence-electron chi connectivity index (χ2n) is 14.1. The van der Waals surface area contributed by atoms with E-state index in [-0.39, 0.29) is 0 Å². The third-order valence-electron chi connectivity index (χ3n) is 11.0. The number of hydrogen-bond acceptors (Lipinski definition) is 4. The molecule has 0 aliphatic heterocycles. The zero-order chi connectivity index (χ0) is 36.0. The van der Waals surface area contributed by atoms with Gasteiger partial charge < -0.3 is 0 Å². The highest BCUT2D eigenvalue weighted by molar-refractivity contribution is 7.27. The Morgan fingerprint density at radius 1 is 0.382 bits per heavy atom. The highest BCUT2D eigenvalue weighted by atomic mass is 32.1. The number of thiophene rings is 2. The molecule has 12 rings (SSSR count). The van der Waals surface area contributed by atoms with Crippen LogP contribution in [0.15, 0.2) is 176 Å². The van der Waals surface area contributed by atoms with E-state index in [9.17, 15) is 0 Å². The maximum absolute atomic E-state index is 5.58. The smallest absolute Gasteiger partial charge is 0.235 e. The predicted octanol–water partition coefficient (Wildman–Crippen LogP) is 14.5. The summed E-state index contributed by atoms with van der Waals surface area (Å²) in [6.45, 7) is 0. The topological polar surface area (TPSA) is 30.7 Å². The van der Waals surface area contributed by atoms with Gasteiger partial charge in [0.15, 0.2) is 0 Å². The molecule has 55 heavy (non-hydrogen) atoms. The van der Waals surface area contributed by atoms with Crippen LogP contribution in [0.3, 0.4) is 0 Å². The van der Waals surface area contributed by atoms with E-state index in [4.69, 9.17) is 9.97 Å². The van der Waals surface area contributed by atoms with Crippen molar-refractivity contribution in [3.05, 3.63) is 176 Å². The average molecular weight is 736 g/mol. The summed E-state index contributed by atoms with van der Waals surface area (Å²) in [5.41, 5.74) is 9.96. The maximum atomic E-state index is 5.58. The second kappa shape index (κ2) is 11.9. The lowest BCUT2D eigenvalue weighted by Gasteiger charge is -2.13. The van der Waals surface area contributed by atoms with Crippen molar-refractivity contribution in [2.75, 3.05) is 0 Å². The van der Waals surface area contributed by atoms with Crippen molar-refractivity contribution in [2.24, 2.45) is 0 Å². The summed E-state index contributed by atoms with van der Waals surface area (Å²) < 4.78 is 7.22. The maximum Gasteiger partial charge on any atom is 0.235 e. The van der Waals surface area contributed by atoms with Gasteiger partial charge in [-0.3, -0.25) is 4.57 Å². The zero-order valence-corrected chi connectivity index (χ0v) is 31.0. The summed E-state index contributed by atoms with van der Waals surface area (Å²) in [7, 11) is 0. The van der Waals surface area contributed by atoms with Crippen LogP contribution in [0.1, 0.15) is 0 Å². The molecular weight excluding hydrogens is 707 g/mol. The lowest BCUT2D eigenvalue weighted by atomic mass is 9.94. The van der Waals surface area contributed by atoms with Gasteiger partial charge >= 0.3 is 0 Å². The van der Waals surface area contributed by atoms with Gasteiger partial charge in [-0.1, -0.05) is 152 Å². The second-order valence-corrected chi connectivity index (χ2v) is 16.2. The molecule has 3 nitrogen and oxygen atoms in total. The van der Waals surface area contributed by atoms with Gasteiger partial charge in [-0.05, 0) is 57.3 Å². The molecule has 4 aromatic heterocycles. The first-order valence-corrected chi connectivity index (χ1v) is 20.1. The monoisotopic (exact) mass is 735 g/mol. The molecule has 256 valence electrons. The third kappa shape index (κ3) is 4.61. The number of nitrogens with zero attached hydrogens (tertiary/aromatic N) is 3. The SMILES string of the molecule is c1ccc(-c2ccc(-c3nc(-n4c5cc(-c6ccccc6)c6ccccc6c5c5c6sc7ccccc7c6ccc54)nc4c3sc3ccccc34)cc2)cc1. The molecule has 0 radical (unpaired) electrons. The van der Waals surface area contributed by atoms with Gasteiger partial charge in [0, 0.05) is 46.6 Å². The van der Waals surface area contributed by atoms with E-state index in [2.05, 4.69) is 180 Å². The fourth-order valence-electron chi connectivity index (χ4n) is 8.53. The fourth-order valence-corrected chi connectivity index (χ4v) is 10.9. The van der Waals surface area contributed by atoms with Gasteiger partial charge in [-0.25, -0.2) is 9.97 Å². The van der Waals surface area contributed by atoms with Crippen molar-refractivity contribution in [1.82, 2.24) is 14.5 Å². The van der Waals surface area contributed by atoms with Crippen LogP contribution in [-0.2, 0) is 0 Å². The van der Waals surface area contributed by atoms with Crippen LogP contribution >= 0.6 is 22.7 Å². The Bertz CT molecular complexity index is 3470. The molecule has 0 aliphatic carbocycles. The Hall–Kier alpha value is -6.66. The minimum Gasteiger partial charge on any atom is -0.278 e. The minimum absolute atomic E-state index is 0.674. The predicted molar refractivity (Wildman–Crippen MR) is 236 cm³/mol. The van der Waals surface area contributed by atoms with Crippen LogP contribution in [0.2, 0.25) is 0 Å². The first-order chi connectivity index (χ1) is 27.3. The van der Waals surface area contributed by atoms with Gasteiger partial charge in [0.25, 0.3) is 0 Å². The molecule has 0 saturated carbocycles. The molecule has 0 spiro atoms. The summed E-state index contributed by atoms with van der Waals surface area (Å²) in [6, 6.07) is 63.4. The molecule has 0 saturated heterocycles. The summed E-state index contributed by atoms with van der Waals surface area (Å²) in [4.78, 5) is 11.1. The quantitative estimate of drug-likeness (QED) is 0.180. The van der Waals surface area contributed by atoms with E-state index in [1.807, 2.05) is 11.3 Å². The molecule has 12 aromatic rings. The summed E-state index contributed by atoms with van der Waals surface area (Å²) >= 11 is 3.65. The molecule has 4 heterocycles. The Balaban J connectivity index is 1.23. The number of hydrogen-bond donors (Lipinski definition) is 0. The largest absolute Gasteiger partial charge is 0.278 e. The molecule has 0 aliphatic rings. The molecule has 0 amide bonds. The van der Waals surface area contributed by atoms with E-state index in [1.165, 1.54) is 68.7 Å². The molecule has 0 N–H and O–H groups in total.